The number of rotatable bonds is 7. The number of hydrogen-bond acceptors (Lipinski definition) is 5. The third-order valence-corrected chi connectivity index (χ3v) is 6.71. The van der Waals surface area contributed by atoms with E-state index < -0.39 is 0 Å². The van der Waals surface area contributed by atoms with Gasteiger partial charge in [-0.25, -0.2) is 0 Å². The molecular weight excluding hydrogens is 388 g/mol. The van der Waals surface area contributed by atoms with Gasteiger partial charge in [-0.2, -0.15) is 0 Å². The van der Waals surface area contributed by atoms with E-state index >= 15 is 0 Å². The maximum absolute atomic E-state index is 12.7. The predicted octanol–water partition coefficient (Wildman–Crippen LogP) is 3.65. The number of amides is 1. The summed E-state index contributed by atoms with van der Waals surface area (Å²) in [4.78, 5) is 22.0. The normalized spacial score (nSPS) is 19.1. The molecule has 1 N–H and O–H groups in total. The van der Waals surface area contributed by atoms with Crippen LogP contribution in [0, 0.1) is 5.92 Å². The number of carbonyl (C=O) groups is 1. The number of aromatic nitrogens is 1. The van der Waals surface area contributed by atoms with E-state index in [9.17, 15) is 4.79 Å². The van der Waals surface area contributed by atoms with Crippen molar-refractivity contribution in [1.82, 2.24) is 15.2 Å². The average Bonchev–Trinajstić information content (AvgIpc) is 2.86. The van der Waals surface area contributed by atoms with Gasteiger partial charge in [-0.15, -0.1) is 0 Å². The Balaban J connectivity index is 1.38. The number of hydrogen-bond donors (Lipinski definition) is 1. The molecule has 1 aliphatic carbocycles. The summed E-state index contributed by atoms with van der Waals surface area (Å²) in [6, 6.07) is 12.5. The fourth-order valence-corrected chi connectivity index (χ4v) is 4.82. The summed E-state index contributed by atoms with van der Waals surface area (Å²) >= 11 is 0. The van der Waals surface area contributed by atoms with Crippen molar-refractivity contribution >= 4 is 11.6 Å². The largest absolute Gasteiger partial charge is 0.497 e. The van der Waals surface area contributed by atoms with E-state index in [4.69, 9.17) is 4.74 Å². The number of ether oxygens (including phenoxy) is 1. The number of carbonyl (C=O) groups excluding carboxylic acids is 1. The Kier molecular flexibility index (Phi) is 7.41. The van der Waals surface area contributed by atoms with Gasteiger partial charge in [-0.3, -0.25) is 14.7 Å². The molecule has 1 aliphatic heterocycles. The first-order valence-corrected chi connectivity index (χ1v) is 11.6. The van der Waals surface area contributed by atoms with Gasteiger partial charge in [0.25, 0.3) is 0 Å². The summed E-state index contributed by atoms with van der Waals surface area (Å²) in [6.45, 7) is 4.46. The molecule has 166 valence electrons. The SMILES string of the molecule is COc1ccc(N2CCN(C(CNC(=O)C3CCCCC3)c3cccnc3)CC2)cc1. The van der Waals surface area contributed by atoms with E-state index in [1.165, 1.54) is 30.5 Å². The van der Waals surface area contributed by atoms with Gasteiger partial charge >= 0.3 is 0 Å². The van der Waals surface area contributed by atoms with Gasteiger partial charge in [0.1, 0.15) is 5.75 Å². The zero-order chi connectivity index (χ0) is 21.5. The van der Waals surface area contributed by atoms with Crippen molar-refractivity contribution in [2.45, 2.75) is 38.1 Å². The van der Waals surface area contributed by atoms with Gasteiger partial charge in [0, 0.05) is 56.7 Å². The average molecular weight is 423 g/mol. The molecule has 0 spiro atoms. The summed E-state index contributed by atoms with van der Waals surface area (Å²) in [6.07, 6.45) is 9.43. The van der Waals surface area contributed by atoms with Crippen molar-refractivity contribution in [1.29, 1.82) is 0 Å². The van der Waals surface area contributed by atoms with E-state index in [-0.39, 0.29) is 17.9 Å². The van der Waals surface area contributed by atoms with Crippen molar-refractivity contribution in [2.24, 2.45) is 5.92 Å². The Morgan fingerprint density at radius 2 is 1.84 bits per heavy atom. The van der Waals surface area contributed by atoms with Crippen molar-refractivity contribution in [2.75, 3.05) is 44.7 Å². The smallest absolute Gasteiger partial charge is 0.223 e. The van der Waals surface area contributed by atoms with Crippen LogP contribution in [0.25, 0.3) is 0 Å². The standard InChI is InChI=1S/C25H34N4O2/c1-31-23-11-9-22(10-12-23)28-14-16-29(17-15-28)24(21-8-5-13-26-18-21)19-27-25(30)20-6-3-2-4-7-20/h5,8-13,18,20,24H,2-4,6-7,14-17,19H2,1H3,(H,27,30). The first-order valence-electron chi connectivity index (χ1n) is 11.6. The van der Waals surface area contributed by atoms with E-state index in [1.807, 2.05) is 30.6 Å². The Bertz CT molecular complexity index is 813. The second-order valence-electron chi connectivity index (χ2n) is 8.60. The molecule has 2 fully saturated rings. The van der Waals surface area contributed by atoms with E-state index in [0.29, 0.717) is 6.54 Å². The van der Waals surface area contributed by atoms with Crippen LogP contribution in [0.4, 0.5) is 5.69 Å². The van der Waals surface area contributed by atoms with Crippen molar-refractivity contribution < 1.29 is 9.53 Å². The first-order chi connectivity index (χ1) is 15.2. The van der Waals surface area contributed by atoms with Crippen molar-refractivity contribution in [3.05, 3.63) is 54.4 Å². The number of nitrogens with one attached hydrogen (secondary N) is 1. The lowest BCUT2D eigenvalue weighted by atomic mass is 9.88. The molecule has 2 aliphatic rings. The predicted molar refractivity (Wildman–Crippen MR) is 123 cm³/mol. The molecule has 1 saturated carbocycles. The number of methoxy groups -OCH3 is 1. The molecule has 4 rings (SSSR count). The second kappa shape index (κ2) is 10.6. The number of nitrogens with zero attached hydrogens (tertiary/aromatic N) is 3. The lowest BCUT2D eigenvalue weighted by Gasteiger charge is -2.40. The van der Waals surface area contributed by atoms with Crippen LogP contribution in [-0.4, -0.2) is 55.6 Å². The van der Waals surface area contributed by atoms with Gasteiger partial charge in [0.05, 0.1) is 13.2 Å². The number of pyridine rings is 1. The zero-order valence-corrected chi connectivity index (χ0v) is 18.5. The van der Waals surface area contributed by atoms with Crippen LogP contribution in [-0.2, 0) is 4.79 Å². The number of benzene rings is 1. The van der Waals surface area contributed by atoms with Crippen LogP contribution in [0.15, 0.2) is 48.8 Å². The lowest BCUT2D eigenvalue weighted by molar-refractivity contribution is -0.126. The molecule has 0 bridgehead atoms. The minimum Gasteiger partial charge on any atom is -0.497 e. The molecular formula is C25H34N4O2. The summed E-state index contributed by atoms with van der Waals surface area (Å²) in [5.41, 5.74) is 2.40. The molecule has 6 heteroatoms. The molecule has 0 radical (unpaired) electrons. The lowest BCUT2D eigenvalue weighted by Crippen LogP contribution is -2.50. The highest BCUT2D eigenvalue weighted by Crippen LogP contribution is 2.26. The number of piperazine rings is 1. The molecule has 1 amide bonds. The van der Waals surface area contributed by atoms with Crippen molar-refractivity contribution in [3.8, 4) is 5.75 Å². The van der Waals surface area contributed by atoms with Gasteiger partial charge in [0.2, 0.25) is 5.91 Å². The third-order valence-electron chi connectivity index (χ3n) is 6.71. The third kappa shape index (κ3) is 5.56. The molecule has 1 unspecified atom stereocenters. The molecule has 2 aromatic rings. The van der Waals surface area contributed by atoms with Crippen LogP contribution in [0.1, 0.15) is 43.7 Å². The van der Waals surface area contributed by atoms with E-state index in [1.54, 1.807) is 7.11 Å². The first kappa shape index (κ1) is 21.6. The molecule has 1 atom stereocenters. The fraction of sp³-hybridized carbons (Fsp3) is 0.520. The van der Waals surface area contributed by atoms with Crippen LogP contribution >= 0.6 is 0 Å². The maximum Gasteiger partial charge on any atom is 0.223 e. The van der Waals surface area contributed by atoms with Gasteiger partial charge in [-0.1, -0.05) is 25.3 Å². The Hall–Kier alpha value is -2.60. The maximum atomic E-state index is 12.7. The Morgan fingerprint density at radius 1 is 1.10 bits per heavy atom. The van der Waals surface area contributed by atoms with Crippen LogP contribution < -0.4 is 15.0 Å². The van der Waals surface area contributed by atoms with Gasteiger partial charge in [0.15, 0.2) is 0 Å². The van der Waals surface area contributed by atoms with Crippen molar-refractivity contribution in [3.63, 3.8) is 0 Å². The molecule has 1 saturated heterocycles. The second-order valence-corrected chi connectivity index (χ2v) is 8.60. The van der Waals surface area contributed by atoms with Crippen LogP contribution in [0.5, 0.6) is 5.75 Å². The van der Waals surface area contributed by atoms with Gasteiger partial charge < -0.3 is 15.0 Å². The van der Waals surface area contributed by atoms with E-state index in [0.717, 1.165) is 44.8 Å². The monoisotopic (exact) mass is 422 g/mol. The topological polar surface area (TPSA) is 57.7 Å². The van der Waals surface area contributed by atoms with E-state index in [2.05, 4.69) is 38.3 Å². The molecule has 1 aromatic heterocycles. The highest BCUT2D eigenvalue weighted by molar-refractivity contribution is 5.78. The summed E-state index contributed by atoms with van der Waals surface area (Å²) in [5.74, 6) is 1.30. The Morgan fingerprint density at radius 3 is 2.48 bits per heavy atom. The summed E-state index contributed by atoms with van der Waals surface area (Å²) < 4.78 is 5.28. The summed E-state index contributed by atoms with van der Waals surface area (Å²) in [7, 11) is 1.69. The van der Waals surface area contributed by atoms with Gasteiger partial charge in [-0.05, 0) is 48.7 Å². The Labute approximate surface area is 185 Å². The minimum atomic E-state index is 0.152. The highest BCUT2D eigenvalue weighted by atomic mass is 16.5. The summed E-state index contributed by atoms with van der Waals surface area (Å²) in [5, 5.41) is 3.27. The number of anilines is 1. The quantitative estimate of drug-likeness (QED) is 0.738. The van der Waals surface area contributed by atoms with Crippen LogP contribution in [0.3, 0.4) is 0 Å². The molecule has 1 aromatic carbocycles. The highest BCUT2D eigenvalue weighted by Gasteiger charge is 2.27. The minimum absolute atomic E-state index is 0.152. The molecule has 2 heterocycles. The van der Waals surface area contributed by atoms with Crippen LogP contribution in [0.2, 0.25) is 0 Å². The molecule has 6 nitrogen and oxygen atoms in total. The fourth-order valence-electron chi connectivity index (χ4n) is 4.82. The zero-order valence-electron chi connectivity index (χ0n) is 18.5. The molecule has 31 heavy (non-hydrogen) atoms.